The van der Waals surface area contributed by atoms with Crippen LogP contribution >= 0.6 is 0 Å². The van der Waals surface area contributed by atoms with Crippen LogP contribution in [0.15, 0.2) is 89.6 Å². The topological polar surface area (TPSA) is 88.0 Å². The smallest absolute Gasteiger partial charge is 0.416 e. The Kier molecular flexibility index (Phi) is 7.84. The van der Waals surface area contributed by atoms with E-state index in [1.54, 1.807) is 28.8 Å². The molecule has 0 bridgehead atoms. The van der Waals surface area contributed by atoms with Gasteiger partial charge in [0.25, 0.3) is 5.91 Å². The zero-order chi connectivity index (χ0) is 29.9. The minimum Gasteiger partial charge on any atom is -0.451 e. The first kappa shape index (κ1) is 28.2. The van der Waals surface area contributed by atoms with Gasteiger partial charge in [-0.05, 0) is 48.0 Å². The molecule has 0 unspecified atom stereocenters. The van der Waals surface area contributed by atoms with Crippen molar-refractivity contribution in [3.05, 3.63) is 131 Å². The van der Waals surface area contributed by atoms with Crippen LogP contribution in [0.25, 0.3) is 11.3 Å². The molecule has 1 amide bonds. The molecule has 2 heterocycles. The van der Waals surface area contributed by atoms with Crippen LogP contribution in [0.3, 0.4) is 0 Å². The average molecular weight is 578 g/mol. The number of amides is 1. The predicted molar refractivity (Wildman–Crippen MR) is 139 cm³/mol. The number of benzene rings is 3. The Morgan fingerprint density at radius 2 is 1.76 bits per heavy atom. The molecular weight excluding hydrogens is 557 g/mol. The van der Waals surface area contributed by atoms with Crippen molar-refractivity contribution in [2.45, 2.75) is 25.8 Å². The van der Waals surface area contributed by atoms with Crippen molar-refractivity contribution in [3.63, 3.8) is 0 Å². The Morgan fingerprint density at radius 3 is 2.48 bits per heavy atom. The van der Waals surface area contributed by atoms with Gasteiger partial charge in [0.1, 0.15) is 23.7 Å². The van der Waals surface area contributed by atoms with Crippen molar-refractivity contribution in [3.8, 4) is 17.4 Å². The average Bonchev–Trinajstić information content (AvgIpc) is 3.64. The van der Waals surface area contributed by atoms with Crippen LogP contribution in [0.4, 0.5) is 22.0 Å². The fourth-order valence-electron chi connectivity index (χ4n) is 4.25. The second-order valence-corrected chi connectivity index (χ2v) is 9.32. The highest BCUT2D eigenvalue weighted by atomic mass is 19.4. The number of carbonyl (C=O) groups is 1. The summed E-state index contributed by atoms with van der Waals surface area (Å²) in [6, 6.07) is 19.0. The molecule has 5 rings (SSSR count). The second kappa shape index (κ2) is 11.7. The van der Waals surface area contributed by atoms with Gasteiger partial charge in [-0.1, -0.05) is 30.3 Å². The van der Waals surface area contributed by atoms with E-state index < -0.39 is 29.3 Å². The van der Waals surface area contributed by atoms with E-state index in [1.165, 1.54) is 41.6 Å². The number of hydrogen-bond acceptors (Lipinski definition) is 5. The SMILES string of the molecule is N#Cc1ccc(Cn2cnnc2CN(Cc2ccc(F)cc2F)C(=O)c2ccc(-c3cccc(C(F)(F)F)c3)o2)cc1. The highest BCUT2D eigenvalue weighted by molar-refractivity contribution is 5.92. The summed E-state index contributed by atoms with van der Waals surface area (Å²) < 4.78 is 75.1. The van der Waals surface area contributed by atoms with E-state index in [4.69, 9.17) is 9.68 Å². The summed E-state index contributed by atoms with van der Waals surface area (Å²) >= 11 is 0. The van der Waals surface area contributed by atoms with Gasteiger partial charge in [0.15, 0.2) is 11.6 Å². The third-order valence-electron chi connectivity index (χ3n) is 6.42. The monoisotopic (exact) mass is 577 g/mol. The molecular formula is C30H20F5N5O2. The molecule has 12 heteroatoms. The zero-order valence-corrected chi connectivity index (χ0v) is 21.6. The molecule has 0 saturated carbocycles. The number of hydrogen-bond donors (Lipinski definition) is 0. The molecule has 0 aliphatic carbocycles. The first-order valence-electron chi connectivity index (χ1n) is 12.5. The standard InChI is InChI=1S/C30H20F5N5O2/c31-24-9-8-22(25(32)13-24)16-39(17-28-38-37-18-40(28)15-20-6-4-19(14-36)5-7-20)29(41)27-11-10-26(42-27)21-2-1-3-23(12-21)30(33,34)35/h1-13,18H,15-17H2. The molecule has 0 saturated heterocycles. The van der Waals surface area contributed by atoms with Crippen LogP contribution in [0.2, 0.25) is 0 Å². The third kappa shape index (κ3) is 6.36. The fourth-order valence-corrected chi connectivity index (χ4v) is 4.25. The summed E-state index contributed by atoms with van der Waals surface area (Å²) in [5.41, 5.74) is 0.576. The summed E-state index contributed by atoms with van der Waals surface area (Å²) in [5, 5.41) is 17.1. The van der Waals surface area contributed by atoms with E-state index in [0.29, 0.717) is 24.0 Å². The van der Waals surface area contributed by atoms with Crippen molar-refractivity contribution in [2.24, 2.45) is 0 Å². The number of furan rings is 1. The van der Waals surface area contributed by atoms with Crippen molar-refractivity contribution in [2.75, 3.05) is 0 Å². The van der Waals surface area contributed by atoms with E-state index in [2.05, 4.69) is 10.2 Å². The largest absolute Gasteiger partial charge is 0.451 e. The minimum atomic E-state index is -4.56. The molecule has 0 fully saturated rings. The molecule has 0 aliphatic heterocycles. The van der Waals surface area contributed by atoms with Gasteiger partial charge in [0.05, 0.1) is 30.3 Å². The Labute approximate surface area is 236 Å². The van der Waals surface area contributed by atoms with E-state index >= 15 is 0 Å². The summed E-state index contributed by atoms with van der Waals surface area (Å²) in [4.78, 5) is 14.8. The van der Waals surface area contributed by atoms with Crippen LogP contribution in [0.5, 0.6) is 0 Å². The number of rotatable bonds is 8. The predicted octanol–water partition coefficient (Wildman–Crippen LogP) is 6.60. The highest BCUT2D eigenvalue weighted by Crippen LogP contribution is 2.33. The van der Waals surface area contributed by atoms with Crippen molar-refractivity contribution >= 4 is 5.91 Å². The Balaban J connectivity index is 1.44. The lowest BCUT2D eigenvalue weighted by Crippen LogP contribution is -2.31. The Bertz CT molecular complexity index is 1770. The molecule has 5 aromatic rings. The molecule has 212 valence electrons. The molecule has 2 aromatic heterocycles. The molecule has 0 atom stereocenters. The van der Waals surface area contributed by atoms with Crippen LogP contribution in [-0.4, -0.2) is 25.6 Å². The number of carbonyl (C=O) groups excluding carboxylic acids is 1. The van der Waals surface area contributed by atoms with Gasteiger partial charge in [-0.25, -0.2) is 8.78 Å². The van der Waals surface area contributed by atoms with Crippen LogP contribution in [-0.2, 0) is 25.8 Å². The number of aromatic nitrogens is 3. The normalized spacial score (nSPS) is 11.3. The highest BCUT2D eigenvalue weighted by Gasteiger charge is 2.31. The zero-order valence-electron chi connectivity index (χ0n) is 21.6. The second-order valence-electron chi connectivity index (χ2n) is 9.32. The third-order valence-corrected chi connectivity index (χ3v) is 6.42. The van der Waals surface area contributed by atoms with Crippen LogP contribution in [0, 0.1) is 23.0 Å². The summed E-state index contributed by atoms with van der Waals surface area (Å²) in [5.74, 6) is -2.20. The molecule has 0 spiro atoms. The Hall–Kier alpha value is -5.31. The van der Waals surface area contributed by atoms with Crippen molar-refractivity contribution < 1.29 is 31.2 Å². The van der Waals surface area contributed by atoms with E-state index in [0.717, 1.165) is 23.8 Å². The number of halogens is 5. The van der Waals surface area contributed by atoms with Gasteiger partial charge in [0.2, 0.25) is 0 Å². The maximum Gasteiger partial charge on any atom is 0.416 e. The van der Waals surface area contributed by atoms with Gasteiger partial charge >= 0.3 is 6.18 Å². The van der Waals surface area contributed by atoms with Crippen LogP contribution < -0.4 is 0 Å². The quantitative estimate of drug-likeness (QED) is 0.194. The van der Waals surface area contributed by atoms with Gasteiger partial charge in [-0.2, -0.15) is 18.4 Å². The van der Waals surface area contributed by atoms with E-state index in [-0.39, 0.29) is 35.7 Å². The molecule has 7 nitrogen and oxygen atoms in total. The first-order valence-corrected chi connectivity index (χ1v) is 12.5. The van der Waals surface area contributed by atoms with Gasteiger partial charge in [-0.3, -0.25) is 4.79 Å². The van der Waals surface area contributed by atoms with Crippen LogP contribution in [0.1, 0.15) is 38.6 Å². The van der Waals surface area contributed by atoms with Gasteiger partial charge < -0.3 is 13.9 Å². The summed E-state index contributed by atoms with van der Waals surface area (Å²) in [6.07, 6.45) is -3.11. The first-order chi connectivity index (χ1) is 20.1. The maximum absolute atomic E-state index is 14.6. The lowest BCUT2D eigenvalue weighted by atomic mass is 10.1. The minimum absolute atomic E-state index is 0.0209. The molecule has 42 heavy (non-hydrogen) atoms. The number of alkyl halides is 3. The summed E-state index contributed by atoms with van der Waals surface area (Å²) in [7, 11) is 0. The van der Waals surface area contributed by atoms with Crippen molar-refractivity contribution in [1.82, 2.24) is 19.7 Å². The fraction of sp³-hybridized carbons (Fsp3) is 0.133. The lowest BCUT2D eigenvalue weighted by Gasteiger charge is -2.22. The van der Waals surface area contributed by atoms with E-state index in [9.17, 15) is 26.7 Å². The Morgan fingerprint density at radius 1 is 0.976 bits per heavy atom. The van der Waals surface area contributed by atoms with Gasteiger partial charge in [0, 0.05) is 23.7 Å². The van der Waals surface area contributed by atoms with Crippen molar-refractivity contribution in [1.29, 1.82) is 5.26 Å². The van der Waals surface area contributed by atoms with E-state index in [1.807, 2.05) is 6.07 Å². The molecule has 0 aliphatic rings. The molecule has 0 N–H and O–H groups in total. The van der Waals surface area contributed by atoms with Gasteiger partial charge in [-0.15, -0.1) is 10.2 Å². The molecule has 3 aromatic carbocycles. The molecule has 0 radical (unpaired) electrons. The maximum atomic E-state index is 14.6. The lowest BCUT2D eigenvalue weighted by molar-refractivity contribution is -0.137. The number of nitrogens with zero attached hydrogens (tertiary/aromatic N) is 5. The number of nitriles is 1. The summed E-state index contributed by atoms with van der Waals surface area (Å²) in [6.45, 7) is -0.152.